The molecule has 0 saturated carbocycles. The summed E-state index contributed by atoms with van der Waals surface area (Å²) in [5.74, 6) is 0. The molecule has 1 aromatic rings. The topological polar surface area (TPSA) is 15.3 Å². The Morgan fingerprint density at radius 1 is 1.43 bits per heavy atom. The summed E-state index contributed by atoms with van der Waals surface area (Å²) in [6, 6.07) is 7.83. The third kappa shape index (κ3) is 1.90. The highest BCUT2D eigenvalue weighted by Gasteiger charge is 2.21. The lowest BCUT2D eigenvalue weighted by Crippen LogP contribution is -2.36. The van der Waals surface area contributed by atoms with Crippen molar-refractivity contribution in [2.75, 3.05) is 18.0 Å². The number of anilines is 1. The predicted octanol–water partition coefficient (Wildman–Crippen LogP) is 2.08. The SMILES string of the molecule is S=CC1NCCN1c1ccc(Cl)cc1. The summed E-state index contributed by atoms with van der Waals surface area (Å²) < 4.78 is 0. The van der Waals surface area contributed by atoms with Gasteiger partial charge in [0.25, 0.3) is 0 Å². The fourth-order valence-corrected chi connectivity index (χ4v) is 2.00. The minimum Gasteiger partial charge on any atom is -0.350 e. The summed E-state index contributed by atoms with van der Waals surface area (Å²) in [7, 11) is 0. The van der Waals surface area contributed by atoms with Crippen LogP contribution >= 0.6 is 23.8 Å². The van der Waals surface area contributed by atoms with E-state index in [9.17, 15) is 0 Å². The zero-order valence-electron chi connectivity index (χ0n) is 7.61. The zero-order valence-corrected chi connectivity index (χ0v) is 9.18. The Morgan fingerprint density at radius 3 is 2.79 bits per heavy atom. The van der Waals surface area contributed by atoms with E-state index in [0.717, 1.165) is 23.8 Å². The van der Waals surface area contributed by atoms with Crippen LogP contribution in [0.15, 0.2) is 24.3 Å². The number of halogens is 1. The first-order valence-corrected chi connectivity index (χ1v) is 5.37. The van der Waals surface area contributed by atoms with Crippen LogP contribution in [0.5, 0.6) is 0 Å². The van der Waals surface area contributed by atoms with E-state index in [1.165, 1.54) is 0 Å². The molecule has 1 unspecified atom stereocenters. The molecular weight excluding hydrogens is 216 g/mol. The average molecular weight is 227 g/mol. The molecule has 1 fully saturated rings. The van der Waals surface area contributed by atoms with Crippen LogP contribution in [-0.2, 0) is 0 Å². The highest BCUT2D eigenvalue weighted by atomic mass is 35.5. The fraction of sp³-hybridized carbons (Fsp3) is 0.300. The van der Waals surface area contributed by atoms with Crippen molar-refractivity contribution in [3.63, 3.8) is 0 Å². The fourth-order valence-electron chi connectivity index (χ4n) is 1.63. The van der Waals surface area contributed by atoms with Crippen LogP contribution in [0.1, 0.15) is 0 Å². The highest BCUT2D eigenvalue weighted by Crippen LogP contribution is 2.20. The van der Waals surface area contributed by atoms with Crippen molar-refractivity contribution in [1.29, 1.82) is 0 Å². The van der Waals surface area contributed by atoms with Crippen LogP contribution < -0.4 is 10.2 Å². The first-order chi connectivity index (χ1) is 6.81. The van der Waals surface area contributed by atoms with Gasteiger partial charge >= 0.3 is 0 Å². The third-order valence-corrected chi connectivity index (χ3v) is 2.84. The molecule has 0 amide bonds. The summed E-state index contributed by atoms with van der Waals surface area (Å²) in [5.41, 5.74) is 1.16. The lowest BCUT2D eigenvalue weighted by Gasteiger charge is -2.22. The number of nitrogens with zero attached hydrogens (tertiary/aromatic N) is 1. The molecule has 1 heterocycles. The normalized spacial score (nSPS) is 21.2. The van der Waals surface area contributed by atoms with E-state index in [1.54, 1.807) is 5.37 Å². The Labute approximate surface area is 93.9 Å². The van der Waals surface area contributed by atoms with E-state index in [4.69, 9.17) is 23.8 Å². The number of hydrogen-bond donors (Lipinski definition) is 1. The molecule has 0 aromatic heterocycles. The molecule has 1 saturated heterocycles. The Balaban J connectivity index is 2.21. The van der Waals surface area contributed by atoms with Crippen molar-refractivity contribution in [3.05, 3.63) is 29.3 Å². The Bertz CT molecular complexity index is 325. The Hall–Kier alpha value is -0.640. The molecule has 0 bridgehead atoms. The Kier molecular flexibility index (Phi) is 3.01. The van der Waals surface area contributed by atoms with Gasteiger partial charge in [0.15, 0.2) is 0 Å². The second kappa shape index (κ2) is 4.26. The summed E-state index contributed by atoms with van der Waals surface area (Å²) in [4.78, 5) is 2.23. The maximum atomic E-state index is 5.83. The molecule has 74 valence electrons. The number of nitrogens with one attached hydrogen (secondary N) is 1. The van der Waals surface area contributed by atoms with Gasteiger partial charge in [-0.1, -0.05) is 23.8 Å². The zero-order chi connectivity index (χ0) is 9.97. The van der Waals surface area contributed by atoms with Gasteiger partial charge in [0.1, 0.15) is 6.17 Å². The van der Waals surface area contributed by atoms with E-state index >= 15 is 0 Å². The minimum atomic E-state index is 0.172. The van der Waals surface area contributed by atoms with Crippen molar-refractivity contribution in [3.8, 4) is 0 Å². The standard InChI is InChI=1S/C10H11ClN2S/c11-8-1-3-9(4-2-8)13-6-5-12-10(13)7-14/h1-4,7,10,12H,5-6H2. The van der Waals surface area contributed by atoms with Crippen LogP contribution in [-0.4, -0.2) is 24.6 Å². The van der Waals surface area contributed by atoms with Gasteiger partial charge in [-0.15, -0.1) is 0 Å². The van der Waals surface area contributed by atoms with E-state index in [2.05, 4.69) is 10.2 Å². The van der Waals surface area contributed by atoms with E-state index in [1.807, 2.05) is 24.3 Å². The average Bonchev–Trinajstić information content (AvgIpc) is 2.67. The van der Waals surface area contributed by atoms with Gasteiger partial charge in [0, 0.05) is 29.2 Å². The quantitative estimate of drug-likeness (QED) is 0.778. The number of hydrogen-bond acceptors (Lipinski definition) is 3. The van der Waals surface area contributed by atoms with Gasteiger partial charge in [0.2, 0.25) is 0 Å². The molecule has 4 heteroatoms. The Morgan fingerprint density at radius 2 is 2.14 bits per heavy atom. The van der Waals surface area contributed by atoms with E-state index in [0.29, 0.717) is 0 Å². The molecule has 0 spiro atoms. The summed E-state index contributed by atoms with van der Waals surface area (Å²) in [6.45, 7) is 1.96. The first kappa shape index (κ1) is 9.90. The van der Waals surface area contributed by atoms with Gasteiger partial charge < -0.3 is 4.90 Å². The van der Waals surface area contributed by atoms with Gasteiger partial charge in [-0.2, -0.15) is 0 Å². The predicted molar refractivity (Wildman–Crippen MR) is 64.2 cm³/mol. The van der Waals surface area contributed by atoms with Gasteiger partial charge in [-0.05, 0) is 24.3 Å². The van der Waals surface area contributed by atoms with Gasteiger partial charge in [-0.25, -0.2) is 0 Å². The van der Waals surface area contributed by atoms with Gasteiger partial charge in [-0.3, -0.25) is 5.32 Å². The molecule has 2 rings (SSSR count). The second-order valence-corrected chi connectivity index (χ2v) is 3.91. The lowest BCUT2D eigenvalue weighted by molar-refractivity contribution is 0.774. The summed E-state index contributed by atoms with van der Waals surface area (Å²) in [5, 5.41) is 5.82. The van der Waals surface area contributed by atoms with Crippen molar-refractivity contribution in [2.24, 2.45) is 0 Å². The largest absolute Gasteiger partial charge is 0.350 e. The highest BCUT2D eigenvalue weighted by molar-refractivity contribution is 7.79. The number of thiocarbonyl (C=S) groups is 1. The summed E-state index contributed by atoms with van der Waals surface area (Å²) >= 11 is 10.8. The van der Waals surface area contributed by atoms with Crippen LogP contribution in [0.4, 0.5) is 5.69 Å². The molecule has 1 N–H and O–H groups in total. The first-order valence-electron chi connectivity index (χ1n) is 4.52. The minimum absolute atomic E-state index is 0.172. The van der Waals surface area contributed by atoms with Crippen molar-refractivity contribution < 1.29 is 0 Å². The molecular formula is C10H11ClN2S. The molecule has 1 aliphatic rings. The molecule has 14 heavy (non-hydrogen) atoms. The molecule has 0 radical (unpaired) electrons. The third-order valence-electron chi connectivity index (χ3n) is 2.33. The van der Waals surface area contributed by atoms with Crippen LogP contribution in [0.2, 0.25) is 5.02 Å². The molecule has 0 aliphatic carbocycles. The van der Waals surface area contributed by atoms with Crippen LogP contribution in [0.25, 0.3) is 0 Å². The van der Waals surface area contributed by atoms with Crippen molar-refractivity contribution in [2.45, 2.75) is 6.17 Å². The lowest BCUT2D eigenvalue weighted by atomic mass is 10.3. The van der Waals surface area contributed by atoms with Crippen molar-refractivity contribution in [1.82, 2.24) is 5.32 Å². The maximum Gasteiger partial charge on any atom is 0.109 e. The van der Waals surface area contributed by atoms with Crippen LogP contribution in [0, 0.1) is 0 Å². The van der Waals surface area contributed by atoms with Gasteiger partial charge in [0.05, 0.1) is 0 Å². The number of rotatable bonds is 2. The second-order valence-electron chi connectivity index (χ2n) is 3.20. The van der Waals surface area contributed by atoms with E-state index in [-0.39, 0.29) is 6.17 Å². The molecule has 1 aliphatic heterocycles. The van der Waals surface area contributed by atoms with Crippen LogP contribution in [0.3, 0.4) is 0 Å². The molecule has 1 atom stereocenters. The maximum absolute atomic E-state index is 5.83. The van der Waals surface area contributed by atoms with E-state index < -0.39 is 0 Å². The smallest absolute Gasteiger partial charge is 0.109 e. The summed E-state index contributed by atoms with van der Waals surface area (Å²) in [6.07, 6.45) is 0.172. The monoisotopic (exact) mass is 226 g/mol. The van der Waals surface area contributed by atoms with Crippen molar-refractivity contribution >= 4 is 34.9 Å². The molecule has 2 nitrogen and oxygen atoms in total. The molecule has 1 aromatic carbocycles. The number of benzene rings is 1.